The molecule has 4 atom stereocenters. The van der Waals surface area contributed by atoms with Crippen LogP contribution in [0.15, 0.2) is 40.2 Å². The van der Waals surface area contributed by atoms with Crippen LogP contribution >= 0.6 is 0 Å². The summed E-state index contributed by atoms with van der Waals surface area (Å²) >= 11 is 0. The molecular formula is C16H16N4O8. The molecule has 0 unspecified atom stereocenters. The summed E-state index contributed by atoms with van der Waals surface area (Å²) in [6.45, 7) is -0.536. The predicted molar refractivity (Wildman–Crippen MR) is 93.5 cm³/mol. The van der Waals surface area contributed by atoms with E-state index >= 15 is 0 Å². The minimum absolute atomic E-state index is 0.0566. The maximum Gasteiger partial charge on any atom is 0.351 e. The number of rotatable bonds is 5. The molecule has 0 bridgehead atoms. The van der Waals surface area contributed by atoms with Gasteiger partial charge < -0.3 is 25.2 Å². The van der Waals surface area contributed by atoms with E-state index in [0.717, 1.165) is 29.0 Å². The lowest BCUT2D eigenvalue weighted by molar-refractivity contribution is -0.384. The Bertz CT molecular complexity index is 975. The first-order chi connectivity index (χ1) is 13.3. The van der Waals surface area contributed by atoms with Gasteiger partial charge in [0.25, 0.3) is 5.69 Å². The topological polar surface area (TPSA) is 181 Å². The van der Waals surface area contributed by atoms with Crippen LogP contribution < -0.4 is 5.69 Å². The predicted octanol–water partition coefficient (Wildman–Crippen LogP) is -0.781. The van der Waals surface area contributed by atoms with Crippen LogP contribution in [0.2, 0.25) is 0 Å². The van der Waals surface area contributed by atoms with E-state index in [-0.39, 0.29) is 22.8 Å². The molecule has 4 N–H and O–H groups in total. The van der Waals surface area contributed by atoms with Gasteiger partial charge in [-0.15, -0.1) is 0 Å². The van der Waals surface area contributed by atoms with Crippen LogP contribution in [0, 0.1) is 10.1 Å². The Balaban J connectivity index is 1.84. The standard InChI is InChI=1S/C16H16N4O8/c21-7-11-13(23)14(24)15(28-11)19-4-3-12(18-16(19)25)17-6-8-5-9(20(26)27)1-2-10(8)22/h1-6,11,13-15,21-24H,7H2/t11-,13-,14-,15-/m1/s1. The summed E-state index contributed by atoms with van der Waals surface area (Å²) in [7, 11) is 0. The van der Waals surface area contributed by atoms with Crippen molar-refractivity contribution in [2.75, 3.05) is 6.61 Å². The van der Waals surface area contributed by atoms with Gasteiger partial charge in [0.1, 0.15) is 24.1 Å². The minimum atomic E-state index is -1.44. The van der Waals surface area contributed by atoms with Gasteiger partial charge in [0.05, 0.1) is 11.5 Å². The number of aromatic nitrogens is 2. The van der Waals surface area contributed by atoms with Gasteiger partial charge in [0.2, 0.25) is 0 Å². The second kappa shape index (κ2) is 7.82. The fourth-order valence-corrected chi connectivity index (χ4v) is 2.67. The number of hydrogen-bond donors (Lipinski definition) is 4. The fraction of sp³-hybridized carbons (Fsp3) is 0.312. The molecule has 1 aliphatic rings. The summed E-state index contributed by atoms with van der Waals surface area (Å²) in [6.07, 6.45) is -2.73. The number of nitro groups is 1. The van der Waals surface area contributed by atoms with E-state index in [1.807, 2.05) is 0 Å². The molecule has 1 saturated heterocycles. The Morgan fingerprint density at radius 1 is 1.32 bits per heavy atom. The molecule has 0 saturated carbocycles. The Kier molecular flexibility index (Phi) is 5.46. The molecular weight excluding hydrogens is 376 g/mol. The largest absolute Gasteiger partial charge is 0.507 e. The average molecular weight is 392 g/mol. The van der Waals surface area contributed by atoms with Gasteiger partial charge in [-0.1, -0.05) is 0 Å². The average Bonchev–Trinajstić information content (AvgIpc) is 2.95. The molecule has 12 heteroatoms. The lowest BCUT2D eigenvalue weighted by Gasteiger charge is -2.16. The smallest absolute Gasteiger partial charge is 0.351 e. The number of aliphatic imine (C=N–C) groups is 1. The monoisotopic (exact) mass is 392 g/mol. The highest BCUT2D eigenvalue weighted by molar-refractivity contribution is 5.85. The Morgan fingerprint density at radius 2 is 2.07 bits per heavy atom. The number of phenols is 1. The summed E-state index contributed by atoms with van der Waals surface area (Å²) in [5.74, 6) is -0.298. The maximum atomic E-state index is 12.2. The lowest BCUT2D eigenvalue weighted by Crippen LogP contribution is -2.35. The van der Waals surface area contributed by atoms with Crippen LogP contribution in [0.1, 0.15) is 11.8 Å². The molecule has 1 aliphatic heterocycles. The molecule has 28 heavy (non-hydrogen) atoms. The molecule has 1 fully saturated rings. The third-order valence-electron chi connectivity index (χ3n) is 4.16. The lowest BCUT2D eigenvalue weighted by atomic mass is 10.1. The molecule has 148 valence electrons. The molecule has 2 aromatic rings. The number of ether oxygens (including phenoxy) is 1. The van der Waals surface area contributed by atoms with Crippen molar-refractivity contribution < 1.29 is 30.1 Å². The van der Waals surface area contributed by atoms with Crippen LogP contribution in [-0.4, -0.2) is 66.0 Å². The molecule has 12 nitrogen and oxygen atoms in total. The van der Waals surface area contributed by atoms with Crippen LogP contribution in [0.3, 0.4) is 0 Å². The van der Waals surface area contributed by atoms with E-state index in [0.29, 0.717) is 0 Å². The third-order valence-corrected chi connectivity index (χ3v) is 4.16. The van der Waals surface area contributed by atoms with E-state index in [9.17, 15) is 30.2 Å². The molecule has 3 rings (SSSR count). The first-order valence-electron chi connectivity index (χ1n) is 8.05. The zero-order chi connectivity index (χ0) is 20.4. The number of hydrogen-bond acceptors (Lipinski definition) is 10. The van der Waals surface area contributed by atoms with Crippen molar-refractivity contribution in [1.82, 2.24) is 9.55 Å². The van der Waals surface area contributed by atoms with Crippen molar-refractivity contribution in [3.8, 4) is 5.75 Å². The van der Waals surface area contributed by atoms with Gasteiger partial charge in [0, 0.05) is 30.1 Å². The minimum Gasteiger partial charge on any atom is -0.507 e. The van der Waals surface area contributed by atoms with Gasteiger partial charge in [-0.2, -0.15) is 4.98 Å². The van der Waals surface area contributed by atoms with Crippen LogP contribution in [0.4, 0.5) is 11.5 Å². The number of aromatic hydroxyl groups is 1. The van der Waals surface area contributed by atoms with Crippen molar-refractivity contribution >= 4 is 17.7 Å². The molecule has 2 heterocycles. The van der Waals surface area contributed by atoms with Gasteiger partial charge in [-0.05, 0) is 12.1 Å². The highest BCUT2D eigenvalue weighted by atomic mass is 16.6. The molecule has 0 spiro atoms. The first kappa shape index (κ1) is 19.6. The highest BCUT2D eigenvalue weighted by Crippen LogP contribution is 2.28. The normalized spacial score (nSPS) is 24.7. The van der Waals surface area contributed by atoms with Gasteiger partial charge in [-0.25, -0.2) is 9.79 Å². The summed E-state index contributed by atoms with van der Waals surface area (Å²) in [6, 6.07) is 4.69. The summed E-state index contributed by atoms with van der Waals surface area (Å²) in [5.41, 5.74) is -1.02. The first-order valence-corrected chi connectivity index (χ1v) is 8.05. The summed E-state index contributed by atoms with van der Waals surface area (Å²) < 4.78 is 6.20. The van der Waals surface area contributed by atoms with Crippen LogP contribution in [0.5, 0.6) is 5.75 Å². The summed E-state index contributed by atoms with van der Waals surface area (Å²) in [5, 5.41) is 49.4. The van der Waals surface area contributed by atoms with Crippen LogP contribution in [0.25, 0.3) is 0 Å². The number of nitro benzene ring substituents is 1. The SMILES string of the molecule is O=c1nc(N=Cc2cc([N+](=O)[O-])ccc2O)ccn1[C@@H]1O[C@H](CO)[C@@H](O)[C@H]1O. The molecule has 1 aromatic heterocycles. The molecule has 0 radical (unpaired) electrons. The van der Waals surface area contributed by atoms with Crippen molar-refractivity contribution in [2.24, 2.45) is 4.99 Å². The number of aliphatic hydroxyl groups excluding tert-OH is 3. The van der Waals surface area contributed by atoms with Crippen molar-refractivity contribution in [3.63, 3.8) is 0 Å². The number of aliphatic hydroxyl groups is 3. The van der Waals surface area contributed by atoms with E-state index in [4.69, 9.17) is 9.84 Å². The zero-order valence-electron chi connectivity index (χ0n) is 14.2. The Hall–Kier alpha value is -3.19. The Labute approximate surface area is 156 Å². The van der Waals surface area contributed by atoms with Crippen molar-refractivity contribution in [1.29, 1.82) is 0 Å². The number of non-ortho nitro benzene ring substituents is 1. The molecule has 1 aromatic carbocycles. The van der Waals surface area contributed by atoms with Crippen molar-refractivity contribution in [3.05, 3.63) is 56.6 Å². The summed E-state index contributed by atoms with van der Waals surface area (Å²) in [4.78, 5) is 30.0. The molecule has 0 amide bonds. The second-order valence-corrected chi connectivity index (χ2v) is 5.96. The quantitative estimate of drug-likeness (QED) is 0.288. The number of benzene rings is 1. The fourth-order valence-electron chi connectivity index (χ4n) is 2.67. The molecule has 0 aliphatic carbocycles. The van der Waals surface area contributed by atoms with Gasteiger partial charge >= 0.3 is 5.69 Å². The van der Waals surface area contributed by atoms with E-state index in [1.165, 1.54) is 12.3 Å². The highest BCUT2D eigenvalue weighted by Gasteiger charge is 2.43. The number of phenolic OH excluding ortho intramolecular Hbond substituents is 1. The number of nitrogens with zero attached hydrogens (tertiary/aromatic N) is 4. The van der Waals surface area contributed by atoms with Gasteiger partial charge in [-0.3, -0.25) is 14.7 Å². The van der Waals surface area contributed by atoms with E-state index in [2.05, 4.69) is 9.98 Å². The zero-order valence-corrected chi connectivity index (χ0v) is 14.2. The van der Waals surface area contributed by atoms with E-state index in [1.54, 1.807) is 0 Å². The second-order valence-electron chi connectivity index (χ2n) is 5.96. The van der Waals surface area contributed by atoms with Crippen molar-refractivity contribution in [2.45, 2.75) is 24.5 Å². The Morgan fingerprint density at radius 3 is 2.68 bits per heavy atom. The third kappa shape index (κ3) is 3.75. The maximum absolute atomic E-state index is 12.2. The van der Waals surface area contributed by atoms with Gasteiger partial charge in [0.15, 0.2) is 12.0 Å². The van der Waals surface area contributed by atoms with Crippen LogP contribution in [-0.2, 0) is 4.74 Å². The van der Waals surface area contributed by atoms with E-state index < -0.39 is 41.8 Å².